The van der Waals surface area contributed by atoms with Crippen molar-refractivity contribution in [3.63, 3.8) is 0 Å². The third-order valence-electron chi connectivity index (χ3n) is 4.54. The number of nitrogens with one attached hydrogen (secondary N) is 4. The Kier molecular flexibility index (Phi) is 5.90. The minimum Gasteiger partial charge on any atom is -0.347 e. The number of carbonyl (C=O) groups excluding carboxylic acids is 4. The molecular weight excluding hydrogens is 338 g/mol. The molecule has 1 spiro atoms. The van der Waals surface area contributed by atoms with Gasteiger partial charge in [0.15, 0.2) is 13.1 Å². The summed E-state index contributed by atoms with van der Waals surface area (Å²) in [7, 11) is 1.70. The summed E-state index contributed by atoms with van der Waals surface area (Å²) >= 11 is 0. The van der Waals surface area contributed by atoms with Gasteiger partial charge in [0.2, 0.25) is 0 Å². The van der Waals surface area contributed by atoms with E-state index in [4.69, 9.17) is 0 Å². The van der Waals surface area contributed by atoms with Crippen molar-refractivity contribution in [2.45, 2.75) is 64.0 Å². The van der Waals surface area contributed by atoms with Gasteiger partial charge in [-0.1, -0.05) is 19.3 Å². The molecular formula is C17H30N5O4+. The van der Waals surface area contributed by atoms with E-state index >= 15 is 0 Å². The lowest BCUT2D eigenvalue weighted by molar-refractivity contribution is -0.862. The van der Waals surface area contributed by atoms with Crippen LogP contribution in [-0.2, 0) is 14.4 Å². The van der Waals surface area contributed by atoms with Gasteiger partial charge in [0, 0.05) is 5.54 Å². The van der Waals surface area contributed by atoms with Crippen molar-refractivity contribution in [2.24, 2.45) is 0 Å². The molecule has 2 aliphatic rings. The summed E-state index contributed by atoms with van der Waals surface area (Å²) in [5, 5.41) is 6.35. The summed E-state index contributed by atoms with van der Waals surface area (Å²) in [5.74, 6) is -1.04. The largest absolute Gasteiger partial charge is 0.347 e. The second-order valence-electron chi connectivity index (χ2n) is 8.36. The molecule has 146 valence electrons. The number of urea groups is 1. The number of quaternary nitrogens is 1. The van der Waals surface area contributed by atoms with Crippen molar-refractivity contribution >= 4 is 23.8 Å². The summed E-state index contributed by atoms with van der Waals surface area (Å²) in [6.45, 7) is 5.74. The van der Waals surface area contributed by atoms with E-state index in [1.165, 1.54) is 0 Å². The first kappa shape index (κ1) is 20.2. The normalized spacial score (nSPS) is 20.7. The van der Waals surface area contributed by atoms with Crippen LogP contribution in [0.25, 0.3) is 0 Å². The van der Waals surface area contributed by atoms with Crippen molar-refractivity contribution in [1.82, 2.24) is 21.1 Å². The zero-order valence-corrected chi connectivity index (χ0v) is 16.0. The number of carbonyl (C=O) groups is 4. The van der Waals surface area contributed by atoms with Gasteiger partial charge in [0.05, 0.1) is 7.05 Å². The lowest BCUT2D eigenvalue weighted by Crippen LogP contribution is -3.11. The number of imide groups is 1. The van der Waals surface area contributed by atoms with Crippen molar-refractivity contribution < 1.29 is 24.1 Å². The van der Waals surface area contributed by atoms with Crippen molar-refractivity contribution in [3.05, 3.63) is 0 Å². The minimum absolute atomic E-state index is 0.0262. The summed E-state index contributed by atoms with van der Waals surface area (Å²) in [4.78, 5) is 49.5. The predicted octanol–water partition coefficient (Wildman–Crippen LogP) is -1.30. The van der Waals surface area contributed by atoms with Crippen LogP contribution in [-0.4, -0.2) is 60.0 Å². The molecule has 9 heteroatoms. The molecule has 0 aromatic carbocycles. The third kappa shape index (κ3) is 4.94. The van der Waals surface area contributed by atoms with E-state index in [1.807, 2.05) is 20.8 Å². The van der Waals surface area contributed by atoms with Gasteiger partial charge < -0.3 is 15.5 Å². The lowest BCUT2D eigenvalue weighted by Gasteiger charge is -2.30. The SMILES string of the molecule is C[NH+](CC(=O)NN1C(=O)NC2(CCCCC2)C1=O)CC(=O)NC(C)(C)C. The second kappa shape index (κ2) is 7.61. The smallest absolute Gasteiger partial charge is 0.344 e. The first-order chi connectivity index (χ1) is 12.0. The van der Waals surface area contributed by atoms with E-state index in [2.05, 4.69) is 16.1 Å². The summed E-state index contributed by atoms with van der Waals surface area (Å²) in [6, 6.07) is -0.589. The fourth-order valence-corrected chi connectivity index (χ4v) is 3.45. The molecule has 1 unspecified atom stereocenters. The van der Waals surface area contributed by atoms with E-state index < -0.39 is 23.4 Å². The molecule has 1 aliphatic carbocycles. The number of hydrogen-bond donors (Lipinski definition) is 4. The predicted molar refractivity (Wildman–Crippen MR) is 93.9 cm³/mol. The number of likely N-dealkylation sites (N-methyl/N-ethyl adjacent to an activating group) is 1. The van der Waals surface area contributed by atoms with Crippen molar-refractivity contribution in [3.8, 4) is 0 Å². The average Bonchev–Trinajstić information content (AvgIpc) is 2.70. The van der Waals surface area contributed by atoms with Crippen LogP contribution in [0, 0.1) is 0 Å². The molecule has 2 fully saturated rings. The number of amides is 5. The van der Waals surface area contributed by atoms with Crippen molar-refractivity contribution in [2.75, 3.05) is 20.1 Å². The second-order valence-corrected chi connectivity index (χ2v) is 8.36. The van der Waals surface area contributed by atoms with E-state index in [9.17, 15) is 19.2 Å². The maximum atomic E-state index is 12.6. The van der Waals surface area contributed by atoms with Crippen LogP contribution in [0.5, 0.6) is 0 Å². The van der Waals surface area contributed by atoms with Gasteiger partial charge in [-0.2, -0.15) is 5.01 Å². The zero-order chi connectivity index (χ0) is 19.5. The van der Waals surface area contributed by atoms with E-state index in [0.29, 0.717) is 17.7 Å². The Hall–Kier alpha value is -2.16. The molecule has 1 atom stereocenters. The highest BCUT2D eigenvalue weighted by atomic mass is 16.2. The van der Waals surface area contributed by atoms with Gasteiger partial charge in [0.1, 0.15) is 5.54 Å². The van der Waals surface area contributed by atoms with Gasteiger partial charge in [-0.15, -0.1) is 0 Å². The summed E-state index contributed by atoms with van der Waals surface area (Å²) in [6.07, 6.45) is 4.00. The monoisotopic (exact) mass is 368 g/mol. The summed E-state index contributed by atoms with van der Waals surface area (Å²) in [5.41, 5.74) is 1.18. The molecule has 0 aromatic heterocycles. The first-order valence-electron chi connectivity index (χ1n) is 9.11. The average molecular weight is 368 g/mol. The Labute approximate surface area is 153 Å². The van der Waals surface area contributed by atoms with Gasteiger partial charge in [-0.3, -0.25) is 19.8 Å². The molecule has 1 saturated carbocycles. The fourth-order valence-electron chi connectivity index (χ4n) is 3.45. The van der Waals surface area contributed by atoms with Crippen LogP contribution in [0.1, 0.15) is 52.9 Å². The summed E-state index contributed by atoms with van der Waals surface area (Å²) < 4.78 is 0. The number of rotatable bonds is 5. The molecule has 26 heavy (non-hydrogen) atoms. The minimum atomic E-state index is -0.867. The highest BCUT2D eigenvalue weighted by Crippen LogP contribution is 2.32. The van der Waals surface area contributed by atoms with E-state index in [1.54, 1.807) is 7.05 Å². The molecule has 0 aromatic rings. The van der Waals surface area contributed by atoms with Crippen molar-refractivity contribution in [1.29, 1.82) is 0 Å². The van der Waals surface area contributed by atoms with Crippen LogP contribution in [0.2, 0.25) is 0 Å². The first-order valence-corrected chi connectivity index (χ1v) is 9.11. The molecule has 4 N–H and O–H groups in total. The Bertz CT molecular complexity index is 592. The Morgan fingerprint density at radius 3 is 2.27 bits per heavy atom. The number of nitrogens with zero attached hydrogens (tertiary/aromatic N) is 1. The van der Waals surface area contributed by atoms with Gasteiger partial charge in [-0.05, 0) is 33.6 Å². The van der Waals surface area contributed by atoms with E-state index in [0.717, 1.165) is 24.3 Å². The maximum Gasteiger partial charge on any atom is 0.344 e. The van der Waals surface area contributed by atoms with Gasteiger partial charge >= 0.3 is 6.03 Å². The fraction of sp³-hybridized carbons (Fsp3) is 0.765. The Balaban J connectivity index is 1.86. The zero-order valence-electron chi connectivity index (χ0n) is 16.0. The van der Waals surface area contributed by atoms with Gasteiger partial charge in [0.25, 0.3) is 17.7 Å². The molecule has 2 rings (SSSR count). The van der Waals surface area contributed by atoms with E-state index in [-0.39, 0.29) is 24.5 Å². The molecule has 0 radical (unpaired) electrons. The van der Waals surface area contributed by atoms with Crippen LogP contribution < -0.4 is 21.0 Å². The highest BCUT2D eigenvalue weighted by Gasteiger charge is 2.52. The highest BCUT2D eigenvalue weighted by molar-refractivity contribution is 6.08. The number of hydrogen-bond acceptors (Lipinski definition) is 4. The number of hydrazine groups is 1. The molecule has 1 saturated heterocycles. The Morgan fingerprint density at radius 1 is 1.12 bits per heavy atom. The molecule has 1 heterocycles. The molecule has 1 aliphatic heterocycles. The third-order valence-corrected chi connectivity index (χ3v) is 4.54. The van der Waals surface area contributed by atoms with Gasteiger partial charge in [-0.25, -0.2) is 4.79 Å². The topological polar surface area (TPSA) is 112 Å². The van der Waals surface area contributed by atoms with Crippen LogP contribution >= 0.6 is 0 Å². The molecule has 5 amide bonds. The maximum absolute atomic E-state index is 12.6. The van der Waals surface area contributed by atoms with Crippen LogP contribution in [0.4, 0.5) is 4.79 Å². The molecule has 0 bridgehead atoms. The Morgan fingerprint density at radius 2 is 1.69 bits per heavy atom. The molecule has 9 nitrogen and oxygen atoms in total. The quantitative estimate of drug-likeness (QED) is 0.452. The standard InChI is InChI=1S/C17H29N5O4/c1-16(2,3)18-12(23)10-21(4)11-13(24)20-22-14(25)17(19-15(22)26)8-6-5-7-9-17/h5-11H2,1-4H3,(H,18,23)(H,19,26)(H,20,24)/p+1. The van der Waals surface area contributed by atoms with Crippen LogP contribution in [0.15, 0.2) is 0 Å². The lowest BCUT2D eigenvalue weighted by atomic mass is 9.82. The van der Waals surface area contributed by atoms with Crippen LogP contribution in [0.3, 0.4) is 0 Å².